The van der Waals surface area contributed by atoms with Gasteiger partial charge in [0, 0.05) is 0 Å². The first-order valence-electron chi connectivity index (χ1n) is 8.55. The van der Waals surface area contributed by atoms with Crippen LogP contribution in [0.3, 0.4) is 0 Å². The second-order valence-corrected chi connectivity index (χ2v) is 6.39. The quantitative estimate of drug-likeness (QED) is 0.604. The average Bonchev–Trinajstić information content (AvgIpc) is 3.01. The second-order valence-electron chi connectivity index (χ2n) is 6.03. The van der Waals surface area contributed by atoms with Crippen molar-refractivity contribution in [2.24, 2.45) is 5.73 Å². The Labute approximate surface area is 171 Å². The minimum atomic E-state index is -0.784. The SMILES string of the molecule is Cc1nn(-c2ccccc2)c(Cl)c1C(=O)OCC(=O)Nc1ccccc1C(N)=O. The van der Waals surface area contributed by atoms with E-state index in [0.29, 0.717) is 11.4 Å². The van der Waals surface area contributed by atoms with Gasteiger partial charge in [-0.15, -0.1) is 0 Å². The highest BCUT2D eigenvalue weighted by Gasteiger charge is 2.23. The number of hydrogen-bond acceptors (Lipinski definition) is 5. The summed E-state index contributed by atoms with van der Waals surface area (Å²) >= 11 is 6.31. The van der Waals surface area contributed by atoms with Crippen molar-refractivity contribution in [1.82, 2.24) is 9.78 Å². The molecule has 0 saturated carbocycles. The van der Waals surface area contributed by atoms with Gasteiger partial charge in [0.15, 0.2) is 6.61 Å². The molecule has 0 aliphatic heterocycles. The first kappa shape index (κ1) is 20.1. The summed E-state index contributed by atoms with van der Waals surface area (Å²) in [6.07, 6.45) is 0. The molecule has 0 spiro atoms. The van der Waals surface area contributed by atoms with Crippen LogP contribution in [0, 0.1) is 6.92 Å². The predicted molar refractivity (Wildman–Crippen MR) is 107 cm³/mol. The zero-order chi connectivity index (χ0) is 21.0. The number of benzene rings is 2. The molecule has 0 fully saturated rings. The predicted octanol–water partition coefficient (Wildman–Crippen LogP) is 2.73. The molecule has 29 heavy (non-hydrogen) atoms. The van der Waals surface area contributed by atoms with Crippen LogP contribution in [-0.4, -0.2) is 34.2 Å². The van der Waals surface area contributed by atoms with E-state index in [2.05, 4.69) is 10.4 Å². The van der Waals surface area contributed by atoms with E-state index in [0.717, 1.165) is 0 Å². The van der Waals surface area contributed by atoms with Crippen molar-refractivity contribution in [2.45, 2.75) is 6.92 Å². The smallest absolute Gasteiger partial charge is 0.343 e. The number of esters is 1. The Bertz CT molecular complexity index is 1080. The number of ether oxygens (including phenoxy) is 1. The number of rotatable bonds is 6. The van der Waals surface area contributed by atoms with E-state index in [1.807, 2.05) is 18.2 Å². The van der Waals surface area contributed by atoms with Gasteiger partial charge in [0.25, 0.3) is 11.8 Å². The Morgan fingerprint density at radius 2 is 1.76 bits per heavy atom. The van der Waals surface area contributed by atoms with Crippen molar-refractivity contribution in [3.63, 3.8) is 0 Å². The van der Waals surface area contributed by atoms with Gasteiger partial charge in [-0.05, 0) is 31.2 Å². The molecule has 148 valence electrons. The van der Waals surface area contributed by atoms with Crippen LogP contribution in [0.4, 0.5) is 5.69 Å². The zero-order valence-electron chi connectivity index (χ0n) is 15.4. The van der Waals surface area contributed by atoms with Crippen molar-refractivity contribution in [3.05, 3.63) is 76.6 Å². The number of aromatic nitrogens is 2. The van der Waals surface area contributed by atoms with Gasteiger partial charge >= 0.3 is 5.97 Å². The van der Waals surface area contributed by atoms with Crippen LogP contribution in [0.2, 0.25) is 5.15 Å². The van der Waals surface area contributed by atoms with E-state index >= 15 is 0 Å². The third-order valence-electron chi connectivity index (χ3n) is 4.01. The normalized spacial score (nSPS) is 10.4. The van der Waals surface area contributed by atoms with Gasteiger partial charge in [-0.25, -0.2) is 9.48 Å². The van der Waals surface area contributed by atoms with Gasteiger partial charge in [0.05, 0.1) is 22.6 Å². The van der Waals surface area contributed by atoms with E-state index < -0.39 is 24.4 Å². The van der Waals surface area contributed by atoms with Crippen LogP contribution in [0.15, 0.2) is 54.6 Å². The second kappa shape index (κ2) is 8.57. The number of para-hydroxylation sites is 2. The van der Waals surface area contributed by atoms with Crippen LogP contribution < -0.4 is 11.1 Å². The van der Waals surface area contributed by atoms with Crippen molar-refractivity contribution in [1.29, 1.82) is 0 Å². The molecule has 0 aliphatic rings. The fourth-order valence-electron chi connectivity index (χ4n) is 2.67. The average molecular weight is 413 g/mol. The number of nitrogens with two attached hydrogens (primary N) is 1. The summed E-state index contributed by atoms with van der Waals surface area (Å²) in [5, 5.41) is 6.83. The number of hydrogen-bond donors (Lipinski definition) is 2. The monoisotopic (exact) mass is 412 g/mol. The minimum absolute atomic E-state index is 0.0702. The third-order valence-corrected chi connectivity index (χ3v) is 4.36. The van der Waals surface area contributed by atoms with E-state index in [9.17, 15) is 14.4 Å². The van der Waals surface area contributed by atoms with Gasteiger partial charge in [0.2, 0.25) is 0 Å². The summed E-state index contributed by atoms with van der Waals surface area (Å²) in [5.41, 5.74) is 6.77. The topological polar surface area (TPSA) is 116 Å². The highest BCUT2D eigenvalue weighted by atomic mass is 35.5. The summed E-state index contributed by atoms with van der Waals surface area (Å²) in [5.74, 6) is -2.10. The molecular formula is C20H17ClN4O4. The Balaban J connectivity index is 1.70. The Hall–Kier alpha value is -3.65. The van der Waals surface area contributed by atoms with Crippen molar-refractivity contribution < 1.29 is 19.1 Å². The molecule has 2 amide bonds. The van der Waals surface area contributed by atoms with Gasteiger partial charge in [-0.1, -0.05) is 41.9 Å². The summed E-state index contributed by atoms with van der Waals surface area (Å²) in [4.78, 5) is 36.0. The van der Waals surface area contributed by atoms with Gasteiger partial charge in [-0.2, -0.15) is 5.10 Å². The maximum absolute atomic E-state index is 12.4. The molecule has 3 aromatic rings. The molecule has 0 saturated heterocycles. The number of primary amides is 1. The van der Waals surface area contributed by atoms with E-state index in [4.69, 9.17) is 22.1 Å². The molecule has 3 N–H and O–H groups in total. The van der Waals surface area contributed by atoms with Gasteiger partial charge < -0.3 is 15.8 Å². The number of halogens is 1. The number of anilines is 1. The maximum atomic E-state index is 12.4. The first-order valence-corrected chi connectivity index (χ1v) is 8.92. The summed E-state index contributed by atoms with van der Waals surface area (Å²) in [7, 11) is 0. The molecule has 1 aromatic heterocycles. The summed E-state index contributed by atoms with van der Waals surface area (Å²) < 4.78 is 6.48. The maximum Gasteiger partial charge on any atom is 0.343 e. The Morgan fingerprint density at radius 1 is 1.10 bits per heavy atom. The lowest BCUT2D eigenvalue weighted by Crippen LogP contribution is -2.23. The fraction of sp³-hybridized carbons (Fsp3) is 0.100. The van der Waals surface area contributed by atoms with Crippen LogP contribution in [-0.2, 0) is 9.53 Å². The van der Waals surface area contributed by atoms with Gasteiger partial charge in [-0.3, -0.25) is 9.59 Å². The Morgan fingerprint density at radius 3 is 2.45 bits per heavy atom. The zero-order valence-corrected chi connectivity index (χ0v) is 16.1. The van der Waals surface area contributed by atoms with Crippen LogP contribution in [0.25, 0.3) is 5.69 Å². The number of carbonyl (C=O) groups excluding carboxylic acids is 3. The lowest BCUT2D eigenvalue weighted by Gasteiger charge is -2.09. The molecule has 2 aromatic carbocycles. The first-order chi connectivity index (χ1) is 13.9. The molecular weight excluding hydrogens is 396 g/mol. The standard InChI is InChI=1S/C20H17ClN4O4/c1-12-17(18(21)25(24-12)13-7-3-2-4-8-13)20(28)29-11-16(26)23-15-10-6-5-9-14(15)19(22)27/h2-10H,11H2,1H3,(H2,22,27)(H,23,26). The highest BCUT2D eigenvalue weighted by molar-refractivity contribution is 6.33. The van der Waals surface area contributed by atoms with Crippen LogP contribution in [0.5, 0.6) is 0 Å². The van der Waals surface area contributed by atoms with E-state index in [-0.39, 0.29) is 22.0 Å². The van der Waals surface area contributed by atoms with E-state index in [1.54, 1.807) is 31.2 Å². The molecule has 3 rings (SSSR count). The minimum Gasteiger partial charge on any atom is -0.452 e. The number of amides is 2. The molecule has 0 atom stereocenters. The van der Waals surface area contributed by atoms with Crippen LogP contribution >= 0.6 is 11.6 Å². The Kier molecular flexibility index (Phi) is 5.94. The molecule has 0 bridgehead atoms. The van der Waals surface area contributed by atoms with Crippen molar-refractivity contribution >= 4 is 35.1 Å². The third kappa shape index (κ3) is 4.44. The highest BCUT2D eigenvalue weighted by Crippen LogP contribution is 2.24. The molecule has 1 heterocycles. The molecule has 9 heteroatoms. The largest absolute Gasteiger partial charge is 0.452 e. The van der Waals surface area contributed by atoms with Crippen molar-refractivity contribution in [3.8, 4) is 5.69 Å². The number of nitrogens with zero attached hydrogens (tertiary/aromatic N) is 2. The lowest BCUT2D eigenvalue weighted by molar-refractivity contribution is -0.119. The number of nitrogens with one attached hydrogen (secondary N) is 1. The summed E-state index contributed by atoms with van der Waals surface area (Å²) in [6.45, 7) is 1.04. The van der Waals surface area contributed by atoms with Crippen molar-refractivity contribution in [2.75, 3.05) is 11.9 Å². The molecule has 8 nitrogen and oxygen atoms in total. The lowest BCUT2D eigenvalue weighted by atomic mass is 10.1. The number of carbonyl (C=O) groups is 3. The molecule has 0 radical (unpaired) electrons. The fourth-order valence-corrected chi connectivity index (χ4v) is 3.02. The van der Waals surface area contributed by atoms with Crippen LogP contribution in [0.1, 0.15) is 26.4 Å². The summed E-state index contributed by atoms with van der Waals surface area (Å²) in [6, 6.07) is 15.3. The number of aryl methyl sites for hydroxylation is 1. The molecule has 0 aliphatic carbocycles. The van der Waals surface area contributed by atoms with Gasteiger partial charge in [0.1, 0.15) is 10.7 Å². The molecule has 0 unspecified atom stereocenters. The van der Waals surface area contributed by atoms with E-state index in [1.165, 1.54) is 16.8 Å².